The third-order valence-electron chi connectivity index (χ3n) is 4.65. The second-order valence-corrected chi connectivity index (χ2v) is 8.10. The van der Waals surface area contributed by atoms with Crippen LogP contribution in [0.4, 0.5) is 9.80 Å². The van der Waals surface area contributed by atoms with Crippen LogP contribution in [0.1, 0.15) is 57.3 Å². The number of rotatable bonds is 7. The number of esters is 1. The number of ether oxygens (including phenoxy) is 1. The number of aromatic nitrogens is 1. The summed E-state index contributed by atoms with van der Waals surface area (Å²) in [7, 11) is 0. The van der Waals surface area contributed by atoms with Crippen molar-refractivity contribution in [3.8, 4) is 0 Å². The van der Waals surface area contributed by atoms with Crippen molar-refractivity contribution in [3.05, 3.63) is 46.1 Å². The number of urea groups is 1. The Morgan fingerprint density at radius 3 is 2.74 bits per heavy atom. The summed E-state index contributed by atoms with van der Waals surface area (Å²) in [4.78, 5) is 53.8. The first kappa shape index (κ1) is 22.4. The normalized spacial score (nSPS) is 12.4. The maximum absolute atomic E-state index is 12.8. The van der Waals surface area contributed by atoms with E-state index in [1.807, 2.05) is 6.92 Å². The Labute approximate surface area is 183 Å². The highest BCUT2D eigenvalue weighted by Crippen LogP contribution is 2.38. The largest absolute Gasteiger partial charge is 0.452 e. The molecule has 31 heavy (non-hydrogen) atoms. The molecule has 0 fully saturated rings. The Hall–Kier alpha value is -3.27. The molecular formula is C21H24N4O5S. The van der Waals surface area contributed by atoms with Crippen molar-refractivity contribution in [1.29, 1.82) is 0 Å². The van der Waals surface area contributed by atoms with Crippen molar-refractivity contribution in [2.24, 2.45) is 0 Å². The van der Waals surface area contributed by atoms with Gasteiger partial charge < -0.3 is 15.4 Å². The molecule has 0 spiro atoms. The second kappa shape index (κ2) is 10.7. The number of anilines is 1. The molecule has 0 saturated carbocycles. The molecule has 1 aliphatic carbocycles. The van der Waals surface area contributed by atoms with Crippen molar-refractivity contribution in [1.82, 2.24) is 15.6 Å². The minimum absolute atomic E-state index is 0.278. The fourth-order valence-corrected chi connectivity index (χ4v) is 4.46. The fourth-order valence-electron chi connectivity index (χ4n) is 3.19. The molecule has 2 heterocycles. The van der Waals surface area contributed by atoms with Gasteiger partial charge in [0.25, 0.3) is 11.8 Å². The van der Waals surface area contributed by atoms with Crippen LogP contribution in [-0.2, 0) is 22.4 Å². The number of carbonyl (C=O) groups excluding carboxylic acids is 4. The molecule has 0 saturated heterocycles. The highest BCUT2D eigenvalue weighted by Gasteiger charge is 2.28. The van der Waals surface area contributed by atoms with Crippen molar-refractivity contribution in [3.63, 3.8) is 0 Å². The summed E-state index contributed by atoms with van der Waals surface area (Å²) in [6, 6.07) is 2.64. The van der Waals surface area contributed by atoms with E-state index < -0.39 is 24.5 Å². The van der Waals surface area contributed by atoms with Crippen molar-refractivity contribution in [2.75, 3.05) is 18.5 Å². The zero-order valence-electron chi connectivity index (χ0n) is 17.2. The molecule has 0 atom stereocenters. The molecule has 10 heteroatoms. The summed E-state index contributed by atoms with van der Waals surface area (Å²) in [6.45, 7) is 1.72. The van der Waals surface area contributed by atoms with Crippen LogP contribution in [0.3, 0.4) is 0 Å². The molecule has 4 amide bonds. The first-order chi connectivity index (χ1) is 15.0. The minimum Gasteiger partial charge on any atom is -0.452 e. The number of hydrogen-bond donors (Lipinski definition) is 3. The Bertz CT molecular complexity index is 974. The van der Waals surface area contributed by atoms with Crippen molar-refractivity contribution < 1.29 is 23.9 Å². The van der Waals surface area contributed by atoms with Gasteiger partial charge in [0.2, 0.25) is 0 Å². The van der Waals surface area contributed by atoms with Crippen LogP contribution in [0.5, 0.6) is 0 Å². The number of amides is 4. The molecule has 0 bridgehead atoms. The van der Waals surface area contributed by atoms with Crippen LogP contribution in [0, 0.1) is 0 Å². The second-order valence-electron chi connectivity index (χ2n) is 6.99. The predicted octanol–water partition coefficient (Wildman–Crippen LogP) is 2.67. The molecule has 1 aliphatic rings. The molecule has 0 radical (unpaired) electrons. The number of nitrogens with zero attached hydrogens (tertiary/aromatic N) is 1. The van der Waals surface area contributed by atoms with Gasteiger partial charge in [-0.25, -0.2) is 9.59 Å². The Kier molecular flexibility index (Phi) is 7.71. The Morgan fingerprint density at radius 2 is 2.00 bits per heavy atom. The van der Waals surface area contributed by atoms with Gasteiger partial charge in [0.15, 0.2) is 6.61 Å². The maximum Gasteiger partial charge on any atom is 0.341 e. The summed E-state index contributed by atoms with van der Waals surface area (Å²) < 4.78 is 5.16. The summed E-state index contributed by atoms with van der Waals surface area (Å²) in [5.74, 6) is -1.82. The summed E-state index contributed by atoms with van der Waals surface area (Å²) in [6.07, 6.45) is 7.19. The number of imide groups is 1. The summed E-state index contributed by atoms with van der Waals surface area (Å²) >= 11 is 1.35. The van der Waals surface area contributed by atoms with E-state index in [2.05, 4.69) is 20.9 Å². The number of carbonyl (C=O) groups is 4. The first-order valence-corrected chi connectivity index (χ1v) is 10.9. The third-order valence-corrected chi connectivity index (χ3v) is 5.86. The monoisotopic (exact) mass is 444 g/mol. The van der Waals surface area contributed by atoms with Gasteiger partial charge in [0.1, 0.15) is 5.00 Å². The van der Waals surface area contributed by atoms with Crippen molar-refractivity contribution >= 4 is 40.2 Å². The van der Waals surface area contributed by atoms with Gasteiger partial charge in [-0.1, -0.05) is 6.92 Å². The molecule has 3 rings (SSSR count). The highest BCUT2D eigenvalue weighted by atomic mass is 32.1. The lowest BCUT2D eigenvalue weighted by atomic mass is 9.95. The molecule has 9 nitrogen and oxygen atoms in total. The van der Waals surface area contributed by atoms with Crippen molar-refractivity contribution in [2.45, 2.75) is 39.0 Å². The first-order valence-electron chi connectivity index (χ1n) is 10.1. The van der Waals surface area contributed by atoms with Gasteiger partial charge in [-0.2, -0.15) is 0 Å². The SMILES string of the molecule is CCCNC(=O)NC(=O)COC(=O)c1c(NC(=O)c2cccnc2)sc2c1CCCC2. The number of thiophene rings is 1. The molecular weight excluding hydrogens is 420 g/mol. The number of hydrogen-bond acceptors (Lipinski definition) is 7. The lowest BCUT2D eigenvalue weighted by Gasteiger charge is -2.13. The van der Waals surface area contributed by atoms with Gasteiger partial charge in [-0.3, -0.25) is 19.9 Å². The van der Waals surface area contributed by atoms with E-state index in [4.69, 9.17) is 4.74 Å². The van der Waals surface area contributed by atoms with Crippen LogP contribution < -0.4 is 16.0 Å². The van der Waals surface area contributed by atoms with Gasteiger partial charge >= 0.3 is 12.0 Å². The minimum atomic E-state index is -0.730. The molecule has 0 aromatic carbocycles. The van der Waals surface area contributed by atoms with E-state index in [0.29, 0.717) is 23.5 Å². The smallest absolute Gasteiger partial charge is 0.341 e. The molecule has 164 valence electrons. The van der Waals surface area contributed by atoms with E-state index in [0.717, 1.165) is 36.1 Å². The number of pyridine rings is 1. The standard InChI is InChI=1S/C21H24N4O5S/c1-2-9-23-21(29)24-16(26)12-30-20(28)17-14-7-3-4-8-15(14)31-19(17)25-18(27)13-6-5-10-22-11-13/h5-6,10-11H,2-4,7-9,12H2,1H3,(H,25,27)(H2,23,24,26,29). The molecule has 2 aromatic rings. The lowest BCUT2D eigenvalue weighted by molar-refractivity contribution is -0.123. The van der Waals surface area contributed by atoms with Crippen LogP contribution >= 0.6 is 11.3 Å². The number of fused-ring (bicyclic) bond motifs is 1. The highest BCUT2D eigenvalue weighted by molar-refractivity contribution is 7.17. The van der Waals surface area contributed by atoms with Crippen LogP contribution in [0.2, 0.25) is 0 Å². The Morgan fingerprint density at radius 1 is 1.19 bits per heavy atom. The van der Waals surface area contributed by atoms with Crippen LogP contribution in [-0.4, -0.2) is 42.0 Å². The van der Waals surface area contributed by atoms with E-state index in [9.17, 15) is 19.2 Å². The number of aryl methyl sites for hydroxylation is 1. The molecule has 2 aromatic heterocycles. The number of nitrogens with one attached hydrogen (secondary N) is 3. The van der Waals surface area contributed by atoms with Gasteiger partial charge in [0.05, 0.1) is 11.1 Å². The third kappa shape index (κ3) is 5.88. The van der Waals surface area contributed by atoms with Crippen LogP contribution in [0.15, 0.2) is 24.5 Å². The predicted molar refractivity (Wildman–Crippen MR) is 115 cm³/mol. The fraction of sp³-hybridized carbons (Fsp3) is 0.381. The summed E-state index contributed by atoms with van der Waals surface area (Å²) in [5, 5.41) is 7.79. The van der Waals surface area contributed by atoms with E-state index in [-0.39, 0.29) is 11.5 Å². The zero-order valence-corrected chi connectivity index (χ0v) is 18.0. The van der Waals surface area contributed by atoms with Crippen LogP contribution in [0.25, 0.3) is 0 Å². The lowest BCUT2D eigenvalue weighted by Crippen LogP contribution is -2.41. The average molecular weight is 445 g/mol. The molecule has 3 N–H and O–H groups in total. The van der Waals surface area contributed by atoms with Gasteiger partial charge in [-0.15, -0.1) is 11.3 Å². The van der Waals surface area contributed by atoms with Gasteiger partial charge in [-0.05, 0) is 49.8 Å². The summed E-state index contributed by atoms with van der Waals surface area (Å²) in [5.41, 5.74) is 1.50. The van der Waals surface area contributed by atoms with E-state index in [1.54, 1.807) is 18.3 Å². The molecule has 0 unspecified atom stereocenters. The zero-order chi connectivity index (χ0) is 22.2. The quantitative estimate of drug-likeness (QED) is 0.564. The topological polar surface area (TPSA) is 126 Å². The molecule has 0 aliphatic heterocycles. The van der Waals surface area contributed by atoms with E-state index in [1.165, 1.54) is 17.5 Å². The Balaban J connectivity index is 1.71. The van der Waals surface area contributed by atoms with E-state index >= 15 is 0 Å². The average Bonchev–Trinajstić information content (AvgIpc) is 3.14. The maximum atomic E-state index is 12.8. The van der Waals surface area contributed by atoms with Gasteiger partial charge in [0, 0.05) is 23.8 Å².